The van der Waals surface area contributed by atoms with Gasteiger partial charge in [-0.15, -0.1) is 0 Å². The Morgan fingerprint density at radius 1 is 1.36 bits per heavy atom. The van der Waals surface area contributed by atoms with Crippen molar-refractivity contribution in [2.75, 3.05) is 6.54 Å². The summed E-state index contributed by atoms with van der Waals surface area (Å²) < 4.78 is 35.6. The first-order valence-corrected chi connectivity index (χ1v) is 5.27. The highest BCUT2D eigenvalue weighted by Gasteiger charge is 2.27. The molecule has 0 aromatic carbocycles. The van der Waals surface area contributed by atoms with Crippen LogP contribution in [0.2, 0.25) is 0 Å². The Labute approximate surface area is 83.1 Å². The fraction of sp³-hybridized carbons (Fsp3) is 1.00. The summed E-state index contributed by atoms with van der Waals surface area (Å²) in [6.07, 6.45) is -1.52. The van der Waals surface area contributed by atoms with Crippen molar-refractivity contribution in [3.8, 4) is 0 Å². The second-order valence-corrected chi connectivity index (χ2v) is 4.25. The van der Waals surface area contributed by atoms with Crippen molar-refractivity contribution in [3.63, 3.8) is 0 Å². The lowest BCUT2D eigenvalue weighted by Crippen LogP contribution is -2.35. The van der Waals surface area contributed by atoms with Crippen LogP contribution in [0.15, 0.2) is 0 Å². The minimum Gasteiger partial charge on any atom is -0.314 e. The first kappa shape index (κ1) is 11.8. The van der Waals surface area contributed by atoms with E-state index in [2.05, 4.69) is 12.2 Å². The van der Waals surface area contributed by atoms with E-state index in [1.165, 1.54) is 0 Å². The SMILES string of the molecule is CC1CC(CCCC(F)(F)F)CCN1. The molecule has 14 heavy (non-hydrogen) atoms. The van der Waals surface area contributed by atoms with Crippen LogP contribution in [0.4, 0.5) is 13.2 Å². The molecule has 0 amide bonds. The van der Waals surface area contributed by atoms with Gasteiger partial charge >= 0.3 is 6.18 Å². The van der Waals surface area contributed by atoms with Crippen molar-refractivity contribution < 1.29 is 13.2 Å². The number of hydrogen-bond acceptors (Lipinski definition) is 1. The minimum atomic E-state index is -3.97. The van der Waals surface area contributed by atoms with E-state index >= 15 is 0 Å². The second kappa shape index (κ2) is 5.01. The van der Waals surface area contributed by atoms with Crippen molar-refractivity contribution >= 4 is 0 Å². The molecule has 1 aliphatic heterocycles. The maximum absolute atomic E-state index is 11.9. The van der Waals surface area contributed by atoms with E-state index in [4.69, 9.17) is 0 Å². The topological polar surface area (TPSA) is 12.0 Å². The first-order chi connectivity index (χ1) is 6.47. The fourth-order valence-electron chi connectivity index (χ4n) is 2.09. The Balaban J connectivity index is 2.12. The lowest BCUT2D eigenvalue weighted by molar-refractivity contribution is -0.136. The van der Waals surface area contributed by atoms with Crippen LogP contribution in [0, 0.1) is 5.92 Å². The van der Waals surface area contributed by atoms with Crippen molar-refractivity contribution in [2.45, 2.75) is 51.2 Å². The van der Waals surface area contributed by atoms with Gasteiger partial charge < -0.3 is 5.32 Å². The Hall–Kier alpha value is -0.250. The van der Waals surface area contributed by atoms with Gasteiger partial charge in [0.1, 0.15) is 0 Å². The third-order valence-electron chi connectivity index (χ3n) is 2.80. The van der Waals surface area contributed by atoms with Gasteiger partial charge in [0.05, 0.1) is 0 Å². The Kier molecular flexibility index (Phi) is 4.23. The highest BCUT2D eigenvalue weighted by Crippen LogP contribution is 2.27. The molecule has 1 nitrogen and oxygen atoms in total. The molecule has 1 heterocycles. The van der Waals surface area contributed by atoms with Crippen molar-refractivity contribution in [3.05, 3.63) is 0 Å². The third kappa shape index (κ3) is 4.84. The summed E-state index contributed by atoms with van der Waals surface area (Å²) in [6, 6.07) is 0.472. The molecule has 2 unspecified atom stereocenters. The third-order valence-corrected chi connectivity index (χ3v) is 2.80. The largest absolute Gasteiger partial charge is 0.389 e. The highest BCUT2D eigenvalue weighted by molar-refractivity contribution is 4.75. The Morgan fingerprint density at radius 3 is 2.64 bits per heavy atom. The molecule has 1 aliphatic rings. The molecular weight excluding hydrogens is 191 g/mol. The standard InChI is InChI=1S/C10H18F3N/c1-8-7-9(4-6-14-8)3-2-5-10(11,12)13/h8-9,14H,2-7H2,1H3. The van der Waals surface area contributed by atoms with Crippen LogP contribution in [0.3, 0.4) is 0 Å². The van der Waals surface area contributed by atoms with Gasteiger partial charge in [-0.05, 0) is 38.6 Å². The zero-order valence-electron chi connectivity index (χ0n) is 8.53. The lowest BCUT2D eigenvalue weighted by Gasteiger charge is -2.28. The van der Waals surface area contributed by atoms with Gasteiger partial charge in [0.2, 0.25) is 0 Å². The average Bonchev–Trinajstić information content (AvgIpc) is 2.01. The molecule has 0 saturated carbocycles. The summed E-state index contributed by atoms with van der Waals surface area (Å²) in [4.78, 5) is 0. The van der Waals surface area contributed by atoms with Gasteiger partial charge in [-0.25, -0.2) is 0 Å². The van der Waals surface area contributed by atoms with Gasteiger partial charge in [0.15, 0.2) is 0 Å². The lowest BCUT2D eigenvalue weighted by atomic mass is 9.89. The predicted octanol–water partition coefficient (Wildman–Crippen LogP) is 3.11. The van der Waals surface area contributed by atoms with Crippen LogP contribution in [0.25, 0.3) is 0 Å². The molecule has 1 saturated heterocycles. The van der Waals surface area contributed by atoms with E-state index in [-0.39, 0.29) is 0 Å². The number of nitrogens with one attached hydrogen (secondary N) is 1. The zero-order valence-corrected chi connectivity index (χ0v) is 8.53. The van der Waals surface area contributed by atoms with Crippen LogP contribution >= 0.6 is 0 Å². The van der Waals surface area contributed by atoms with Crippen molar-refractivity contribution in [2.24, 2.45) is 5.92 Å². The molecule has 2 atom stereocenters. The number of hydrogen-bond donors (Lipinski definition) is 1. The van der Waals surface area contributed by atoms with Gasteiger partial charge in [0.25, 0.3) is 0 Å². The molecule has 0 spiro atoms. The van der Waals surface area contributed by atoms with Crippen LogP contribution in [-0.4, -0.2) is 18.8 Å². The first-order valence-electron chi connectivity index (χ1n) is 5.27. The fourth-order valence-corrected chi connectivity index (χ4v) is 2.09. The van der Waals surface area contributed by atoms with Crippen molar-refractivity contribution in [1.29, 1.82) is 0 Å². The maximum Gasteiger partial charge on any atom is 0.389 e. The molecule has 1 fully saturated rings. The number of rotatable bonds is 3. The summed E-state index contributed by atoms with van der Waals surface area (Å²) in [5.74, 6) is 0.494. The molecular formula is C10H18F3N. The van der Waals surface area contributed by atoms with Gasteiger partial charge in [-0.2, -0.15) is 13.2 Å². The molecule has 1 rings (SSSR count). The van der Waals surface area contributed by atoms with Crippen LogP contribution in [0.1, 0.15) is 39.0 Å². The molecule has 1 N–H and O–H groups in total. The van der Waals surface area contributed by atoms with Gasteiger partial charge in [-0.3, -0.25) is 0 Å². The predicted molar refractivity (Wildman–Crippen MR) is 50.1 cm³/mol. The van der Waals surface area contributed by atoms with E-state index in [0.29, 0.717) is 18.4 Å². The average molecular weight is 209 g/mol. The monoisotopic (exact) mass is 209 g/mol. The molecule has 0 radical (unpaired) electrons. The summed E-state index contributed by atoms with van der Waals surface area (Å²) in [7, 11) is 0. The van der Waals surface area contributed by atoms with Crippen LogP contribution in [0.5, 0.6) is 0 Å². The molecule has 84 valence electrons. The number of alkyl halides is 3. The molecule has 4 heteroatoms. The van der Waals surface area contributed by atoms with E-state index < -0.39 is 12.6 Å². The summed E-state index contributed by atoms with van der Waals surface area (Å²) in [6.45, 7) is 3.05. The summed E-state index contributed by atoms with van der Waals surface area (Å²) >= 11 is 0. The molecule has 0 aromatic heterocycles. The van der Waals surface area contributed by atoms with Gasteiger partial charge in [0, 0.05) is 12.5 Å². The number of halogens is 3. The Bertz CT molecular complexity index is 167. The second-order valence-electron chi connectivity index (χ2n) is 4.25. The quantitative estimate of drug-likeness (QED) is 0.753. The molecule has 0 aliphatic carbocycles. The Morgan fingerprint density at radius 2 is 2.07 bits per heavy atom. The van der Waals surface area contributed by atoms with Crippen LogP contribution < -0.4 is 5.32 Å². The van der Waals surface area contributed by atoms with E-state index in [1.54, 1.807) is 0 Å². The summed E-state index contributed by atoms with van der Waals surface area (Å²) in [5.41, 5.74) is 0. The molecule has 0 bridgehead atoms. The van der Waals surface area contributed by atoms with E-state index in [1.807, 2.05) is 0 Å². The van der Waals surface area contributed by atoms with Crippen molar-refractivity contribution in [1.82, 2.24) is 5.32 Å². The van der Waals surface area contributed by atoms with Gasteiger partial charge in [-0.1, -0.05) is 6.42 Å². The zero-order chi connectivity index (χ0) is 10.6. The molecule has 0 aromatic rings. The smallest absolute Gasteiger partial charge is 0.314 e. The summed E-state index contributed by atoms with van der Waals surface area (Å²) in [5, 5.41) is 3.30. The minimum absolute atomic E-state index is 0.293. The van der Waals surface area contributed by atoms with E-state index in [9.17, 15) is 13.2 Å². The normalized spacial score (nSPS) is 29.1. The van der Waals surface area contributed by atoms with E-state index in [0.717, 1.165) is 25.8 Å². The number of piperidine rings is 1. The van der Waals surface area contributed by atoms with Crippen LogP contribution in [-0.2, 0) is 0 Å². The highest BCUT2D eigenvalue weighted by atomic mass is 19.4. The maximum atomic E-state index is 11.9.